The molecule has 0 unspecified atom stereocenters. The van der Waals surface area contributed by atoms with Crippen LogP contribution in [0.25, 0.3) is 0 Å². The Bertz CT molecular complexity index is 605. The summed E-state index contributed by atoms with van der Waals surface area (Å²) in [6, 6.07) is 6.26. The Balaban J connectivity index is 1.90. The SMILES string of the molecule is CC[C@H]1CC[C@H](C=CC#Cc2ccc(C#N)c(F)c2)CC1. The average Bonchev–Trinajstić information content (AvgIpc) is 2.52. The van der Waals surface area contributed by atoms with E-state index in [1.807, 2.05) is 6.08 Å². The summed E-state index contributed by atoms with van der Waals surface area (Å²) in [5.74, 6) is 6.90. The molecule has 0 aliphatic heterocycles. The van der Waals surface area contributed by atoms with Crippen molar-refractivity contribution in [2.45, 2.75) is 39.0 Å². The van der Waals surface area contributed by atoms with Gasteiger partial charge in [0, 0.05) is 5.56 Å². The molecule has 1 aromatic rings. The third-order valence-electron chi connectivity index (χ3n) is 4.23. The van der Waals surface area contributed by atoms with Gasteiger partial charge in [-0.3, -0.25) is 0 Å². The zero-order valence-electron chi connectivity index (χ0n) is 12.4. The lowest BCUT2D eigenvalue weighted by Gasteiger charge is -2.25. The molecule has 0 radical (unpaired) electrons. The molecule has 0 bridgehead atoms. The summed E-state index contributed by atoms with van der Waals surface area (Å²) in [6.45, 7) is 2.27. The minimum absolute atomic E-state index is 0.0591. The standard InChI is InChI=1S/C19H20FN/c1-2-15-7-9-16(10-8-15)5-3-4-6-17-11-12-18(14-21)19(20)13-17/h3,5,11-13,15-16H,2,7-10H2,1H3/t15-,16-. The van der Waals surface area contributed by atoms with Crippen LogP contribution in [0.2, 0.25) is 0 Å². The van der Waals surface area contributed by atoms with Crippen molar-refractivity contribution in [2.75, 3.05) is 0 Å². The average molecular weight is 281 g/mol. The van der Waals surface area contributed by atoms with E-state index in [1.165, 1.54) is 44.2 Å². The van der Waals surface area contributed by atoms with E-state index in [-0.39, 0.29) is 5.56 Å². The minimum atomic E-state index is -0.508. The van der Waals surface area contributed by atoms with Crippen molar-refractivity contribution in [1.82, 2.24) is 0 Å². The first-order valence-corrected chi connectivity index (χ1v) is 7.60. The van der Waals surface area contributed by atoms with Crippen molar-refractivity contribution in [3.8, 4) is 17.9 Å². The molecule has 0 N–H and O–H groups in total. The molecule has 108 valence electrons. The van der Waals surface area contributed by atoms with Gasteiger partial charge in [0.2, 0.25) is 0 Å². The summed E-state index contributed by atoms with van der Waals surface area (Å²) >= 11 is 0. The van der Waals surface area contributed by atoms with E-state index in [0.29, 0.717) is 11.5 Å². The maximum absolute atomic E-state index is 13.4. The Morgan fingerprint density at radius 2 is 2.05 bits per heavy atom. The van der Waals surface area contributed by atoms with E-state index < -0.39 is 5.82 Å². The van der Waals surface area contributed by atoms with Crippen LogP contribution in [0.1, 0.15) is 50.2 Å². The number of hydrogen-bond donors (Lipinski definition) is 0. The molecule has 1 fully saturated rings. The van der Waals surface area contributed by atoms with Crippen LogP contribution in [0.15, 0.2) is 30.4 Å². The van der Waals surface area contributed by atoms with E-state index in [4.69, 9.17) is 5.26 Å². The molecule has 1 aliphatic carbocycles. The number of nitriles is 1. The molecule has 0 amide bonds. The second kappa shape index (κ2) is 7.65. The highest BCUT2D eigenvalue weighted by Gasteiger charge is 2.17. The van der Waals surface area contributed by atoms with Gasteiger partial charge in [0.15, 0.2) is 0 Å². The van der Waals surface area contributed by atoms with Crippen LogP contribution < -0.4 is 0 Å². The lowest BCUT2D eigenvalue weighted by molar-refractivity contribution is 0.304. The van der Waals surface area contributed by atoms with E-state index >= 15 is 0 Å². The highest BCUT2D eigenvalue weighted by molar-refractivity contribution is 5.42. The van der Waals surface area contributed by atoms with Gasteiger partial charge in [-0.15, -0.1) is 0 Å². The Kier molecular flexibility index (Phi) is 5.59. The fourth-order valence-electron chi connectivity index (χ4n) is 2.78. The van der Waals surface area contributed by atoms with Crippen molar-refractivity contribution in [3.05, 3.63) is 47.3 Å². The number of halogens is 1. The first kappa shape index (κ1) is 15.3. The molecule has 0 heterocycles. The summed E-state index contributed by atoms with van der Waals surface area (Å²) in [5, 5.41) is 8.67. The van der Waals surface area contributed by atoms with Gasteiger partial charge in [-0.05, 0) is 61.8 Å². The normalized spacial score (nSPS) is 21.6. The second-order valence-corrected chi connectivity index (χ2v) is 5.62. The summed E-state index contributed by atoms with van der Waals surface area (Å²) in [4.78, 5) is 0. The summed E-state index contributed by atoms with van der Waals surface area (Å²) in [5.41, 5.74) is 0.662. The van der Waals surface area contributed by atoms with Crippen LogP contribution in [0, 0.1) is 40.8 Å². The first-order valence-electron chi connectivity index (χ1n) is 7.60. The van der Waals surface area contributed by atoms with E-state index in [9.17, 15) is 4.39 Å². The first-order chi connectivity index (χ1) is 10.2. The summed E-state index contributed by atoms with van der Waals surface area (Å²) in [6.07, 6.45) is 10.5. The largest absolute Gasteiger partial charge is 0.206 e. The molecule has 1 nitrogen and oxygen atoms in total. The second-order valence-electron chi connectivity index (χ2n) is 5.62. The van der Waals surface area contributed by atoms with E-state index in [1.54, 1.807) is 12.1 Å². The van der Waals surface area contributed by atoms with Gasteiger partial charge in [0.25, 0.3) is 0 Å². The Labute approximate surface area is 126 Å². The van der Waals surface area contributed by atoms with Gasteiger partial charge in [-0.1, -0.05) is 31.3 Å². The van der Waals surface area contributed by atoms with Crippen LogP contribution in [-0.2, 0) is 0 Å². The smallest absolute Gasteiger partial charge is 0.142 e. The maximum atomic E-state index is 13.4. The van der Waals surface area contributed by atoms with Gasteiger partial charge in [0.05, 0.1) is 5.56 Å². The molecular formula is C19H20FN. The molecule has 2 rings (SSSR count). The molecule has 21 heavy (non-hydrogen) atoms. The molecule has 0 atom stereocenters. The fourth-order valence-corrected chi connectivity index (χ4v) is 2.78. The highest BCUT2D eigenvalue weighted by atomic mass is 19.1. The van der Waals surface area contributed by atoms with Crippen molar-refractivity contribution < 1.29 is 4.39 Å². The van der Waals surface area contributed by atoms with Crippen LogP contribution in [0.3, 0.4) is 0 Å². The monoisotopic (exact) mass is 281 g/mol. The van der Waals surface area contributed by atoms with Gasteiger partial charge in [-0.2, -0.15) is 5.26 Å². The molecule has 1 aliphatic rings. The maximum Gasteiger partial charge on any atom is 0.142 e. The molecule has 0 aromatic heterocycles. The third kappa shape index (κ3) is 4.47. The summed E-state index contributed by atoms with van der Waals surface area (Å²) in [7, 11) is 0. The Hall–Kier alpha value is -2.06. The number of hydrogen-bond acceptors (Lipinski definition) is 1. The van der Waals surface area contributed by atoms with Crippen LogP contribution in [0.4, 0.5) is 4.39 Å². The Morgan fingerprint density at radius 1 is 1.29 bits per heavy atom. The fraction of sp³-hybridized carbons (Fsp3) is 0.421. The van der Waals surface area contributed by atoms with Crippen molar-refractivity contribution in [1.29, 1.82) is 5.26 Å². The lowest BCUT2D eigenvalue weighted by Crippen LogP contribution is -2.11. The zero-order valence-corrected chi connectivity index (χ0v) is 12.4. The number of benzene rings is 1. The topological polar surface area (TPSA) is 23.8 Å². The van der Waals surface area contributed by atoms with Gasteiger partial charge >= 0.3 is 0 Å². The van der Waals surface area contributed by atoms with Crippen LogP contribution in [0.5, 0.6) is 0 Å². The van der Waals surface area contributed by atoms with E-state index in [0.717, 1.165) is 5.92 Å². The molecule has 0 saturated heterocycles. The zero-order chi connectivity index (χ0) is 15.1. The lowest BCUT2D eigenvalue weighted by atomic mass is 9.81. The quantitative estimate of drug-likeness (QED) is 0.713. The molecule has 2 heteroatoms. The van der Waals surface area contributed by atoms with Crippen molar-refractivity contribution in [2.24, 2.45) is 11.8 Å². The van der Waals surface area contributed by atoms with Gasteiger partial charge in [0.1, 0.15) is 11.9 Å². The van der Waals surface area contributed by atoms with Crippen molar-refractivity contribution in [3.63, 3.8) is 0 Å². The van der Waals surface area contributed by atoms with Crippen LogP contribution in [-0.4, -0.2) is 0 Å². The Morgan fingerprint density at radius 3 is 2.67 bits per heavy atom. The summed E-state index contributed by atoms with van der Waals surface area (Å²) < 4.78 is 13.4. The number of rotatable bonds is 2. The van der Waals surface area contributed by atoms with Crippen LogP contribution >= 0.6 is 0 Å². The molecule has 1 saturated carbocycles. The van der Waals surface area contributed by atoms with Gasteiger partial charge in [-0.25, -0.2) is 4.39 Å². The minimum Gasteiger partial charge on any atom is -0.206 e. The number of nitrogens with zero attached hydrogens (tertiary/aromatic N) is 1. The predicted octanol–water partition coefficient (Wildman–Crippen LogP) is 4.82. The third-order valence-corrected chi connectivity index (χ3v) is 4.23. The highest BCUT2D eigenvalue weighted by Crippen LogP contribution is 2.31. The molecule has 0 spiro atoms. The number of allylic oxidation sites excluding steroid dienone is 2. The molecule has 1 aromatic carbocycles. The molecular weight excluding hydrogens is 261 g/mol. The van der Waals surface area contributed by atoms with Gasteiger partial charge < -0.3 is 0 Å². The predicted molar refractivity (Wildman–Crippen MR) is 82.9 cm³/mol. The van der Waals surface area contributed by atoms with Crippen molar-refractivity contribution >= 4 is 0 Å². The van der Waals surface area contributed by atoms with E-state index in [2.05, 4.69) is 24.8 Å².